The van der Waals surface area contributed by atoms with Crippen LogP contribution < -0.4 is 11.9 Å². The Morgan fingerprint density at radius 1 is 1.62 bits per heavy atom. The van der Waals surface area contributed by atoms with Crippen molar-refractivity contribution in [3.63, 3.8) is 0 Å². The summed E-state index contributed by atoms with van der Waals surface area (Å²) in [5.41, 5.74) is 5.45. The summed E-state index contributed by atoms with van der Waals surface area (Å²) < 4.78 is 0. The van der Waals surface area contributed by atoms with Crippen molar-refractivity contribution < 1.29 is 4.79 Å². The maximum absolute atomic E-state index is 10.1. The van der Waals surface area contributed by atoms with Crippen molar-refractivity contribution >= 4 is 5.91 Å². The molecule has 3 heteroatoms. The number of rotatable bonds is 1. The Balaban J connectivity index is 0. The zero-order valence-electron chi connectivity index (χ0n) is 5.27. The van der Waals surface area contributed by atoms with Crippen molar-refractivity contribution in [3.8, 4) is 0 Å². The first-order valence-corrected chi connectivity index (χ1v) is 2.11. The van der Waals surface area contributed by atoms with Crippen molar-refractivity contribution in [3.05, 3.63) is 11.6 Å². The van der Waals surface area contributed by atoms with Gasteiger partial charge in [-0.3, -0.25) is 4.79 Å². The fraction of sp³-hybridized carbons (Fsp3) is 0.400. The fourth-order valence-corrected chi connectivity index (χ4v) is 0.142. The van der Waals surface area contributed by atoms with Crippen LogP contribution in [0.1, 0.15) is 13.8 Å². The molecule has 0 aromatic heterocycles. The molecule has 0 aliphatic heterocycles. The first-order valence-electron chi connectivity index (χ1n) is 2.11. The molecule has 0 aromatic carbocycles. The predicted molar refractivity (Wildman–Crippen MR) is 33.6 cm³/mol. The lowest BCUT2D eigenvalue weighted by Crippen LogP contribution is -2.10. The standard InChI is InChI=1S/C5H9NO.H3N/c1-3-4(2)5(6)7;/h3H,1-2H3,(H2,6,7);1H3. The molecule has 48 valence electrons. The average molecular weight is 116 g/mol. The molecule has 0 aliphatic carbocycles. The Labute approximate surface area is 49.1 Å². The number of carbonyl (C=O) groups excluding carboxylic acids is 1. The lowest BCUT2D eigenvalue weighted by molar-refractivity contribution is -0.114. The van der Waals surface area contributed by atoms with E-state index < -0.39 is 0 Å². The summed E-state index contributed by atoms with van der Waals surface area (Å²) in [7, 11) is 0. The van der Waals surface area contributed by atoms with E-state index in [1.807, 2.05) is 0 Å². The van der Waals surface area contributed by atoms with E-state index in [-0.39, 0.29) is 12.1 Å². The molecule has 0 bridgehead atoms. The smallest absolute Gasteiger partial charge is 0.243 e. The van der Waals surface area contributed by atoms with E-state index in [1.165, 1.54) is 0 Å². The van der Waals surface area contributed by atoms with Gasteiger partial charge in [0.05, 0.1) is 0 Å². The van der Waals surface area contributed by atoms with Crippen LogP contribution in [0.4, 0.5) is 0 Å². The fourth-order valence-electron chi connectivity index (χ4n) is 0.142. The van der Waals surface area contributed by atoms with Crippen LogP contribution in [0, 0.1) is 0 Å². The van der Waals surface area contributed by atoms with E-state index in [4.69, 9.17) is 5.73 Å². The number of amides is 1. The van der Waals surface area contributed by atoms with Crippen LogP contribution >= 0.6 is 0 Å². The molecular formula is C5H12N2O. The highest BCUT2D eigenvalue weighted by atomic mass is 16.1. The molecular weight excluding hydrogens is 104 g/mol. The third-order valence-corrected chi connectivity index (χ3v) is 0.822. The molecule has 3 nitrogen and oxygen atoms in total. The second-order valence-electron chi connectivity index (χ2n) is 1.34. The van der Waals surface area contributed by atoms with Gasteiger partial charge in [0, 0.05) is 5.57 Å². The molecule has 0 fully saturated rings. The summed E-state index contributed by atoms with van der Waals surface area (Å²) >= 11 is 0. The molecule has 0 unspecified atom stereocenters. The van der Waals surface area contributed by atoms with Crippen molar-refractivity contribution in [2.75, 3.05) is 0 Å². The van der Waals surface area contributed by atoms with Crippen molar-refractivity contribution in [2.24, 2.45) is 5.73 Å². The molecule has 1 amide bonds. The Kier molecular flexibility index (Phi) is 5.53. The highest BCUT2D eigenvalue weighted by molar-refractivity contribution is 5.91. The second kappa shape index (κ2) is 4.33. The van der Waals surface area contributed by atoms with Crippen LogP contribution in [0.5, 0.6) is 0 Å². The van der Waals surface area contributed by atoms with Gasteiger partial charge in [-0.2, -0.15) is 0 Å². The van der Waals surface area contributed by atoms with Gasteiger partial charge in [0.1, 0.15) is 0 Å². The number of hydrogen-bond acceptors (Lipinski definition) is 2. The summed E-state index contributed by atoms with van der Waals surface area (Å²) in [5.74, 6) is -0.345. The molecule has 0 rings (SSSR count). The van der Waals surface area contributed by atoms with Crippen LogP contribution in [-0.4, -0.2) is 5.91 Å². The van der Waals surface area contributed by atoms with E-state index in [9.17, 15) is 4.79 Å². The maximum Gasteiger partial charge on any atom is 0.243 e. The van der Waals surface area contributed by atoms with Gasteiger partial charge >= 0.3 is 0 Å². The zero-order valence-corrected chi connectivity index (χ0v) is 5.27. The van der Waals surface area contributed by atoms with Crippen molar-refractivity contribution in [1.82, 2.24) is 6.15 Å². The van der Waals surface area contributed by atoms with Crippen molar-refractivity contribution in [2.45, 2.75) is 13.8 Å². The highest BCUT2D eigenvalue weighted by Crippen LogP contribution is 1.85. The van der Waals surface area contributed by atoms with Crippen molar-refractivity contribution in [1.29, 1.82) is 0 Å². The molecule has 0 saturated carbocycles. The van der Waals surface area contributed by atoms with E-state index in [0.29, 0.717) is 5.57 Å². The number of carbonyl (C=O) groups is 1. The maximum atomic E-state index is 10.1. The van der Waals surface area contributed by atoms with E-state index in [1.54, 1.807) is 19.9 Å². The quantitative estimate of drug-likeness (QED) is 0.492. The number of hydrogen-bond donors (Lipinski definition) is 2. The van der Waals surface area contributed by atoms with Gasteiger partial charge in [-0.05, 0) is 13.8 Å². The Morgan fingerprint density at radius 2 is 2.00 bits per heavy atom. The lowest BCUT2D eigenvalue weighted by Gasteiger charge is -1.85. The normalized spacial score (nSPS) is 10.0. The highest BCUT2D eigenvalue weighted by Gasteiger charge is 1.90. The van der Waals surface area contributed by atoms with Gasteiger partial charge in [-0.1, -0.05) is 6.08 Å². The Hall–Kier alpha value is -0.830. The van der Waals surface area contributed by atoms with E-state index in [0.717, 1.165) is 0 Å². The predicted octanol–water partition coefficient (Wildman–Crippen LogP) is 0.600. The summed E-state index contributed by atoms with van der Waals surface area (Å²) in [6, 6.07) is 0. The monoisotopic (exact) mass is 116 g/mol. The van der Waals surface area contributed by atoms with Gasteiger partial charge < -0.3 is 11.9 Å². The minimum atomic E-state index is -0.345. The lowest BCUT2D eigenvalue weighted by atomic mass is 10.3. The first kappa shape index (κ1) is 10.2. The Morgan fingerprint density at radius 3 is 2.00 bits per heavy atom. The number of nitrogens with two attached hydrogens (primary N) is 1. The minimum absolute atomic E-state index is 0. The summed E-state index contributed by atoms with van der Waals surface area (Å²) in [6.45, 7) is 3.46. The van der Waals surface area contributed by atoms with Crippen LogP contribution in [0.2, 0.25) is 0 Å². The summed E-state index contributed by atoms with van der Waals surface area (Å²) in [5, 5.41) is 0. The largest absolute Gasteiger partial charge is 0.366 e. The summed E-state index contributed by atoms with van der Waals surface area (Å²) in [4.78, 5) is 10.1. The third kappa shape index (κ3) is 3.36. The van der Waals surface area contributed by atoms with Gasteiger partial charge in [0.25, 0.3) is 0 Å². The van der Waals surface area contributed by atoms with Crippen LogP contribution in [0.3, 0.4) is 0 Å². The minimum Gasteiger partial charge on any atom is -0.366 e. The molecule has 0 radical (unpaired) electrons. The number of allylic oxidation sites excluding steroid dienone is 1. The van der Waals surface area contributed by atoms with Gasteiger partial charge in [0.15, 0.2) is 0 Å². The van der Waals surface area contributed by atoms with E-state index in [2.05, 4.69) is 0 Å². The topological polar surface area (TPSA) is 78.1 Å². The van der Waals surface area contributed by atoms with E-state index >= 15 is 0 Å². The molecule has 0 atom stereocenters. The average Bonchev–Trinajstić information content (AvgIpc) is 1.65. The molecule has 5 N–H and O–H groups in total. The zero-order chi connectivity index (χ0) is 5.86. The van der Waals surface area contributed by atoms with Crippen LogP contribution in [-0.2, 0) is 4.79 Å². The molecule has 0 aromatic rings. The summed E-state index contributed by atoms with van der Waals surface area (Å²) in [6.07, 6.45) is 1.68. The first-order chi connectivity index (χ1) is 3.18. The van der Waals surface area contributed by atoms with Crippen LogP contribution in [0.15, 0.2) is 11.6 Å². The molecule has 8 heavy (non-hydrogen) atoms. The Bertz CT molecular complexity index is 107. The second-order valence-corrected chi connectivity index (χ2v) is 1.34. The molecule has 0 heterocycles. The van der Waals surface area contributed by atoms with Gasteiger partial charge in [0.2, 0.25) is 5.91 Å². The van der Waals surface area contributed by atoms with Crippen LogP contribution in [0.25, 0.3) is 0 Å². The van der Waals surface area contributed by atoms with Gasteiger partial charge in [-0.15, -0.1) is 0 Å². The molecule has 0 spiro atoms. The molecule has 0 aliphatic rings. The SMILES string of the molecule is CC=C(C)C(N)=O.N. The third-order valence-electron chi connectivity index (χ3n) is 0.822. The number of primary amides is 1. The molecule has 0 saturated heterocycles. The van der Waals surface area contributed by atoms with Gasteiger partial charge in [-0.25, -0.2) is 0 Å².